The van der Waals surface area contributed by atoms with Crippen molar-refractivity contribution in [2.45, 2.75) is 120 Å². The molecule has 0 aliphatic rings. The number of ketones is 5. The number of anilines is 5. The summed E-state index contributed by atoms with van der Waals surface area (Å²) in [7, 11) is 0. The summed E-state index contributed by atoms with van der Waals surface area (Å²) in [6, 6.07) is 58.2. The minimum Gasteiger partial charge on any atom is -0.300 e. The maximum Gasteiger partial charge on any atom is 0.204 e. The van der Waals surface area contributed by atoms with Crippen LogP contribution in [0.25, 0.3) is 0 Å². The van der Waals surface area contributed by atoms with Gasteiger partial charge in [-0.15, -0.1) is 0 Å². The van der Waals surface area contributed by atoms with Crippen LogP contribution in [0.2, 0.25) is 50.2 Å². The summed E-state index contributed by atoms with van der Waals surface area (Å²) in [5.41, 5.74) is 32.0. The van der Waals surface area contributed by atoms with Crippen LogP contribution < -0.4 is 54.3 Å². The topological polar surface area (TPSA) is 267 Å². The van der Waals surface area contributed by atoms with E-state index >= 15 is 0 Å². The largest absolute Gasteiger partial charge is 0.300 e. The predicted octanol–water partition coefficient (Wildman–Crippen LogP) is 27.3. The fourth-order valence-electron chi connectivity index (χ4n) is 9.77. The van der Waals surface area contributed by atoms with Crippen molar-refractivity contribution in [2.75, 3.05) is 27.1 Å². The second-order valence-electron chi connectivity index (χ2n) is 28.1. The summed E-state index contributed by atoms with van der Waals surface area (Å²) >= 11 is 58.3. The van der Waals surface area contributed by atoms with Gasteiger partial charge in [-0.3, -0.25) is 78.2 Å². The van der Waals surface area contributed by atoms with Gasteiger partial charge in [0.1, 0.15) is 46.0 Å². The van der Waals surface area contributed by atoms with Crippen LogP contribution in [0.3, 0.4) is 0 Å². The van der Waals surface area contributed by atoms with Crippen LogP contribution in [-0.2, 0) is 24.0 Å². The maximum atomic E-state index is 14.0. The third-order valence-electron chi connectivity index (χ3n) is 16.3. The van der Waals surface area contributed by atoms with Gasteiger partial charge in [-0.1, -0.05) is 203 Å². The average Bonchev–Trinajstić information content (AvgIpc) is 0.919. The molecular weight excluding hydrogens is 1800 g/mol. The second kappa shape index (κ2) is 53.6. The minimum atomic E-state index is -0.605. The first-order valence-corrected chi connectivity index (χ1v) is 42.4. The number of carbonyl (C=O) groups is 5. The summed E-state index contributed by atoms with van der Waals surface area (Å²) < 4.78 is 55.9. The molecule has 124 heavy (non-hydrogen) atoms. The van der Waals surface area contributed by atoms with E-state index in [1.54, 1.807) is 146 Å². The fraction of sp³-hybridized carbons (Fsp3) is 0.222. The van der Waals surface area contributed by atoms with Gasteiger partial charge in [0.2, 0.25) is 5.78 Å². The predicted molar refractivity (Wildman–Crippen MR) is 506 cm³/mol. The number of amidine groups is 5. The lowest BCUT2D eigenvalue weighted by Gasteiger charge is -2.19. The van der Waals surface area contributed by atoms with Crippen molar-refractivity contribution < 1.29 is 41.5 Å². The number of nitrogens with one attached hydrogen (secondary N) is 10. The van der Waals surface area contributed by atoms with Gasteiger partial charge >= 0.3 is 0 Å². The van der Waals surface area contributed by atoms with Crippen LogP contribution in [0.5, 0.6) is 0 Å². The number of Topliss-reactive ketones (excluding diaryl/α,β-unsaturated/α-hetero) is 5. The third kappa shape index (κ3) is 38.3. The number of hydrogen-bond acceptors (Lipinski definition) is 15. The van der Waals surface area contributed by atoms with Crippen molar-refractivity contribution in [3.8, 4) is 0 Å². The second-order valence-corrected chi connectivity index (χ2v) is 32.5. The van der Waals surface area contributed by atoms with Crippen LogP contribution in [0.4, 0.5) is 74.4 Å². The molecular formula is C90H91Cl10F4N15O5. The van der Waals surface area contributed by atoms with Crippen LogP contribution in [0.15, 0.2) is 243 Å². The first-order valence-electron chi connectivity index (χ1n) is 38.6. The highest BCUT2D eigenvalue weighted by molar-refractivity contribution is 6.43. The Morgan fingerprint density at radius 3 is 0.815 bits per heavy atom. The molecule has 0 bridgehead atoms. The number of nitrogens with zero attached hydrogens (tertiary/aromatic N) is 5. The summed E-state index contributed by atoms with van der Waals surface area (Å²) in [5, 5.41) is 4.60. The summed E-state index contributed by atoms with van der Waals surface area (Å²) in [5.74, 6) is -2.92. The van der Waals surface area contributed by atoms with Gasteiger partial charge in [-0.25, -0.2) is 42.5 Å². The van der Waals surface area contributed by atoms with Gasteiger partial charge in [-0.05, 0) is 231 Å². The molecule has 0 heterocycles. The van der Waals surface area contributed by atoms with E-state index in [4.69, 9.17) is 116 Å². The highest BCUT2D eigenvalue weighted by Crippen LogP contribution is 2.29. The van der Waals surface area contributed by atoms with E-state index in [2.05, 4.69) is 79.2 Å². The number of carbonyl (C=O) groups excluding carboxylic acids is 5. The molecule has 0 saturated carbocycles. The molecule has 0 spiro atoms. The number of hydrogen-bond donors (Lipinski definition) is 10. The van der Waals surface area contributed by atoms with Gasteiger partial charge in [0.15, 0.2) is 52.3 Å². The number of benzene rings is 10. The van der Waals surface area contributed by atoms with E-state index in [0.29, 0.717) is 77.8 Å². The van der Waals surface area contributed by atoms with E-state index in [-0.39, 0.29) is 113 Å². The molecule has 0 unspecified atom stereocenters. The van der Waals surface area contributed by atoms with Gasteiger partial charge in [-0.2, -0.15) is 0 Å². The van der Waals surface area contributed by atoms with E-state index in [1.165, 1.54) is 48.5 Å². The van der Waals surface area contributed by atoms with Crippen molar-refractivity contribution in [3.63, 3.8) is 0 Å². The maximum absolute atomic E-state index is 14.0. The van der Waals surface area contributed by atoms with E-state index in [0.717, 1.165) is 68.5 Å². The van der Waals surface area contributed by atoms with Crippen LogP contribution >= 0.6 is 116 Å². The Morgan fingerprint density at radius 2 is 0.556 bits per heavy atom. The zero-order valence-corrected chi connectivity index (χ0v) is 76.1. The Labute approximate surface area is 768 Å². The van der Waals surface area contributed by atoms with Crippen molar-refractivity contribution >= 4 is 231 Å². The molecule has 10 aromatic rings. The Hall–Kier alpha value is -10.5. The highest BCUT2D eigenvalue weighted by Gasteiger charge is 2.27. The SMILES string of the molecule is CC(C)(C)C(=O)C(=Nc1ccc(Cl)cc1)NNc1ccc(Cl)cc1.CC(C)CC(=O)C(=Nc1ccc(Cl)cc1F)NNc1cccc(Cl)c1.CCCCC(=O)C(=Nc1ccc(Cl)cc1F)NNc1ccc(Cl)cc1.CCCCC(=O)C(=Nc1ccc(Cl)cc1F)NNc1ccc(Cl)cc1.CCCCC(=O)C(=Nc1ccc(Cl)cc1F)NNc1cccc(Cl)c1. The number of rotatable bonds is 31. The monoisotopic (exact) mass is 1890 g/mol. The van der Waals surface area contributed by atoms with E-state index in [9.17, 15) is 41.5 Å². The van der Waals surface area contributed by atoms with Crippen molar-refractivity contribution in [3.05, 3.63) is 292 Å². The fourth-order valence-corrected chi connectivity index (χ4v) is 11.3. The van der Waals surface area contributed by atoms with Crippen molar-refractivity contribution in [1.29, 1.82) is 0 Å². The number of aliphatic imine (C=N–C) groups is 5. The molecule has 0 aromatic heterocycles. The molecule has 0 fully saturated rings. The number of hydrazine groups is 5. The smallest absolute Gasteiger partial charge is 0.204 e. The molecule has 0 atom stereocenters. The van der Waals surface area contributed by atoms with Crippen LogP contribution in [-0.4, -0.2) is 58.1 Å². The zero-order chi connectivity index (χ0) is 90.8. The summed E-state index contributed by atoms with van der Waals surface area (Å²) in [6.07, 6.45) is 6.02. The molecule has 10 N–H and O–H groups in total. The lowest BCUT2D eigenvalue weighted by Crippen LogP contribution is -2.41. The Kier molecular flexibility index (Phi) is 44.3. The van der Waals surface area contributed by atoms with Gasteiger partial charge in [0.05, 0.1) is 34.1 Å². The first-order chi connectivity index (χ1) is 59.1. The van der Waals surface area contributed by atoms with Gasteiger partial charge < -0.3 is 0 Å². The summed E-state index contributed by atoms with van der Waals surface area (Å²) in [6.45, 7) is 15.3. The normalized spacial score (nSPS) is 11.5. The molecule has 0 radical (unpaired) electrons. The Balaban J connectivity index is 0.000000240. The molecule has 0 aliphatic carbocycles. The molecule has 20 nitrogen and oxygen atoms in total. The van der Waals surface area contributed by atoms with E-state index < -0.39 is 28.7 Å². The Bertz CT molecular complexity index is 5230. The third-order valence-corrected chi connectivity index (χ3v) is 18.7. The molecule has 0 amide bonds. The minimum absolute atomic E-state index is 0.00916. The number of halogens is 14. The Morgan fingerprint density at radius 1 is 0.306 bits per heavy atom. The quantitative estimate of drug-likeness (QED) is 0.00838. The summed E-state index contributed by atoms with van der Waals surface area (Å²) in [4.78, 5) is 83.0. The average molecular weight is 1890 g/mol. The van der Waals surface area contributed by atoms with Crippen molar-refractivity contribution in [2.24, 2.45) is 36.3 Å². The standard InChI is InChI=1S/4C18H18Cl2FN3O.C18H19Cl2N3O/c1-11(2)8-17(25)18(22-16-7-6-13(20)10-15(16)21)24-23-14-5-3-4-12(19)9-14;1-2-3-7-17(25)18(22-16-9-8-13(20)11-15(16)21)24-23-14-6-4-5-12(19)10-14;2*1-2-3-4-17(25)18(22-16-10-7-13(20)11-15(16)21)24-23-14-8-5-12(19)6-9-14;1-18(2,3)16(24)17(21-14-8-4-12(19)5-9-14)23-22-15-10-6-13(20)7-11-15/h3-7,9-11,23H,8H2,1-2H3,(H,22,24);4-6,8-11,23H,2-3,7H2,1H3,(H,22,24);2*5-11,23H,2-4H2,1H3,(H,22,24);4-11,22H,1-3H3,(H,21,23). The first kappa shape index (κ1) is 102. The van der Waals surface area contributed by atoms with Crippen LogP contribution in [0.1, 0.15) is 120 Å². The van der Waals surface area contributed by atoms with Gasteiger partial charge in [0, 0.05) is 81.3 Å². The molecule has 654 valence electrons. The molecule has 10 aromatic carbocycles. The molecule has 10 rings (SSSR count). The van der Waals surface area contributed by atoms with E-state index in [1.807, 2.05) is 55.4 Å². The lowest BCUT2D eigenvalue weighted by molar-refractivity contribution is -0.120. The lowest BCUT2D eigenvalue weighted by atomic mass is 9.90. The number of unbranched alkanes of at least 4 members (excludes halogenated alkanes) is 3. The molecule has 34 heteroatoms. The van der Waals surface area contributed by atoms with Gasteiger partial charge in [0.25, 0.3) is 0 Å². The van der Waals surface area contributed by atoms with Crippen LogP contribution in [0, 0.1) is 34.6 Å². The highest BCUT2D eigenvalue weighted by atomic mass is 35.5. The molecule has 0 aliphatic heterocycles. The molecule has 0 saturated heterocycles. The van der Waals surface area contributed by atoms with Crippen molar-refractivity contribution in [1.82, 2.24) is 27.1 Å². The zero-order valence-electron chi connectivity index (χ0n) is 68.5.